The number of aromatic nitrogens is 3. The minimum Gasteiger partial charge on any atom is -0.338 e. The number of nitrogens with one attached hydrogen (secondary N) is 2. The van der Waals surface area contributed by atoms with Crippen molar-refractivity contribution in [2.45, 2.75) is 6.92 Å². The highest BCUT2D eigenvalue weighted by Gasteiger charge is 2.13. The third-order valence-corrected chi connectivity index (χ3v) is 4.31. The van der Waals surface area contributed by atoms with Gasteiger partial charge in [0.2, 0.25) is 6.41 Å². The Labute approximate surface area is 172 Å². The van der Waals surface area contributed by atoms with E-state index in [4.69, 9.17) is 11.6 Å². The number of carbonyl (C=O) groups is 1. The number of benzene rings is 2. The first kappa shape index (κ1) is 20.2. The fourth-order valence-corrected chi connectivity index (χ4v) is 2.80. The maximum Gasteiger partial charge on any atom is 0.212 e. The van der Waals surface area contributed by atoms with E-state index in [0.717, 1.165) is 5.56 Å². The monoisotopic (exact) mass is 408 g/mol. The maximum atomic E-state index is 13.9. The summed E-state index contributed by atoms with van der Waals surface area (Å²) >= 11 is 6.02. The van der Waals surface area contributed by atoms with Crippen LogP contribution in [0.5, 0.6) is 0 Å². The second-order valence-corrected chi connectivity index (χ2v) is 6.50. The minimum atomic E-state index is -0.447. The fraction of sp³-hybridized carbons (Fsp3) is 0.0455. The topological polar surface area (TPSA) is 70.7 Å². The summed E-state index contributed by atoms with van der Waals surface area (Å²) in [5, 5.41) is 2.73. The van der Waals surface area contributed by atoms with Crippen molar-refractivity contribution in [3.63, 3.8) is 0 Å². The molecule has 0 radical (unpaired) electrons. The molecule has 0 aliphatic carbocycles. The third-order valence-electron chi connectivity index (χ3n) is 4.00. The normalized spacial score (nSPS) is 10.0. The van der Waals surface area contributed by atoms with Gasteiger partial charge in [0.05, 0.1) is 22.5 Å². The van der Waals surface area contributed by atoms with Gasteiger partial charge in [-0.25, -0.2) is 14.4 Å². The summed E-state index contributed by atoms with van der Waals surface area (Å²) in [6, 6.07) is 18.1. The number of rotatable bonds is 4. The number of carbonyl (C=O) groups excluding carboxylic acids is 1. The van der Waals surface area contributed by atoms with E-state index in [9.17, 15) is 9.18 Å². The van der Waals surface area contributed by atoms with E-state index in [1.807, 2.05) is 18.2 Å². The quantitative estimate of drug-likeness (QED) is 0.438. The Kier molecular flexibility index (Phi) is 6.71. The average Bonchev–Trinajstić information content (AvgIpc) is 3.19. The van der Waals surface area contributed by atoms with Gasteiger partial charge in [0.25, 0.3) is 0 Å². The Morgan fingerprint density at radius 3 is 2.38 bits per heavy atom. The van der Waals surface area contributed by atoms with E-state index in [2.05, 4.69) is 39.3 Å². The SMILES string of the molecule is Cc1ccccc1.O=CNc1ccc(-c2cnc(-c3c(F)cccc3Cl)[nH]2)cn1. The van der Waals surface area contributed by atoms with E-state index in [1.54, 1.807) is 30.6 Å². The first-order valence-corrected chi connectivity index (χ1v) is 9.14. The molecule has 0 bridgehead atoms. The maximum absolute atomic E-state index is 13.9. The van der Waals surface area contributed by atoms with Crippen LogP contribution in [0.4, 0.5) is 10.2 Å². The van der Waals surface area contributed by atoms with Crippen LogP contribution in [0.2, 0.25) is 5.02 Å². The van der Waals surface area contributed by atoms with Crippen LogP contribution in [0, 0.1) is 12.7 Å². The highest BCUT2D eigenvalue weighted by Crippen LogP contribution is 2.30. The number of hydrogen-bond donors (Lipinski definition) is 2. The Hall–Kier alpha value is -3.51. The molecular weight excluding hydrogens is 391 g/mol. The van der Waals surface area contributed by atoms with Crippen LogP contribution >= 0.6 is 11.6 Å². The average molecular weight is 409 g/mol. The Balaban J connectivity index is 0.000000290. The van der Waals surface area contributed by atoms with Crippen LogP contribution in [0.3, 0.4) is 0 Å². The molecule has 2 heterocycles. The highest BCUT2D eigenvalue weighted by atomic mass is 35.5. The molecule has 0 spiro atoms. The van der Waals surface area contributed by atoms with E-state index in [0.29, 0.717) is 23.7 Å². The number of amides is 1. The van der Waals surface area contributed by atoms with Gasteiger partial charge in [0, 0.05) is 11.8 Å². The number of aryl methyl sites for hydroxylation is 1. The zero-order chi connectivity index (χ0) is 20.6. The van der Waals surface area contributed by atoms with Gasteiger partial charge in [-0.15, -0.1) is 0 Å². The van der Waals surface area contributed by atoms with E-state index in [-0.39, 0.29) is 10.6 Å². The molecule has 0 saturated heterocycles. The molecule has 0 aliphatic heterocycles. The van der Waals surface area contributed by atoms with Crippen molar-refractivity contribution >= 4 is 23.8 Å². The van der Waals surface area contributed by atoms with Crippen LogP contribution in [0.1, 0.15) is 5.56 Å². The number of imidazole rings is 1. The van der Waals surface area contributed by atoms with Crippen LogP contribution in [-0.2, 0) is 4.79 Å². The summed E-state index contributed by atoms with van der Waals surface area (Å²) in [4.78, 5) is 21.6. The van der Waals surface area contributed by atoms with Crippen molar-refractivity contribution in [3.05, 3.63) is 89.5 Å². The Bertz CT molecular complexity index is 1060. The predicted molar refractivity (Wildman–Crippen MR) is 113 cm³/mol. The van der Waals surface area contributed by atoms with Gasteiger partial charge in [0.1, 0.15) is 17.5 Å². The zero-order valence-corrected chi connectivity index (χ0v) is 16.3. The van der Waals surface area contributed by atoms with Crippen LogP contribution in [-0.4, -0.2) is 21.4 Å². The van der Waals surface area contributed by atoms with Crippen molar-refractivity contribution in [2.75, 3.05) is 5.32 Å². The standard InChI is InChI=1S/C15H10ClFN4O.C7H8/c16-10-2-1-3-11(17)14(10)15-19-7-12(21-15)9-4-5-13(18-6-9)20-8-22;1-7-5-3-2-4-6-7/h1-8H,(H,19,21)(H,18,20,22);2-6H,1H3. The van der Waals surface area contributed by atoms with Crippen LogP contribution < -0.4 is 5.32 Å². The molecule has 0 saturated carbocycles. The lowest BCUT2D eigenvalue weighted by atomic mass is 10.2. The van der Waals surface area contributed by atoms with Gasteiger partial charge in [-0.2, -0.15) is 0 Å². The first-order valence-electron chi connectivity index (χ1n) is 8.76. The number of H-pyrrole nitrogens is 1. The van der Waals surface area contributed by atoms with E-state index >= 15 is 0 Å². The Morgan fingerprint density at radius 1 is 1.00 bits per heavy atom. The lowest BCUT2D eigenvalue weighted by Crippen LogP contribution is -1.96. The minimum absolute atomic E-state index is 0.225. The second kappa shape index (κ2) is 9.61. The van der Waals surface area contributed by atoms with Gasteiger partial charge < -0.3 is 10.3 Å². The molecule has 29 heavy (non-hydrogen) atoms. The number of halogens is 2. The lowest BCUT2D eigenvalue weighted by Gasteiger charge is -2.02. The summed E-state index contributed by atoms with van der Waals surface area (Å²) in [6.07, 6.45) is 3.70. The molecule has 146 valence electrons. The molecule has 2 aromatic heterocycles. The number of anilines is 1. The van der Waals surface area contributed by atoms with Crippen molar-refractivity contribution in [2.24, 2.45) is 0 Å². The molecule has 0 atom stereocenters. The van der Waals surface area contributed by atoms with E-state index < -0.39 is 5.82 Å². The number of nitrogens with zero attached hydrogens (tertiary/aromatic N) is 2. The molecule has 4 aromatic rings. The van der Waals surface area contributed by atoms with Gasteiger partial charge in [-0.05, 0) is 31.2 Å². The molecule has 5 nitrogen and oxygen atoms in total. The first-order chi connectivity index (χ1) is 14.1. The summed E-state index contributed by atoms with van der Waals surface area (Å²) in [5.41, 5.74) is 2.97. The molecule has 4 rings (SSSR count). The van der Waals surface area contributed by atoms with Gasteiger partial charge in [-0.1, -0.05) is 53.6 Å². The summed E-state index contributed by atoms with van der Waals surface area (Å²) in [7, 11) is 0. The third kappa shape index (κ3) is 5.27. The molecule has 0 unspecified atom stereocenters. The molecular formula is C22H18ClFN4O. The smallest absolute Gasteiger partial charge is 0.212 e. The van der Waals surface area contributed by atoms with Crippen molar-refractivity contribution < 1.29 is 9.18 Å². The number of hydrogen-bond acceptors (Lipinski definition) is 3. The summed E-state index contributed by atoms with van der Waals surface area (Å²) in [6.45, 7) is 2.08. The molecule has 0 fully saturated rings. The van der Waals surface area contributed by atoms with Crippen LogP contribution in [0.15, 0.2) is 73.1 Å². The predicted octanol–water partition coefficient (Wildman–Crippen LogP) is 5.49. The van der Waals surface area contributed by atoms with Gasteiger partial charge in [0.15, 0.2) is 0 Å². The van der Waals surface area contributed by atoms with E-state index in [1.165, 1.54) is 17.7 Å². The molecule has 7 heteroatoms. The zero-order valence-electron chi connectivity index (χ0n) is 15.6. The lowest BCUT2D eigenvalue weighted by molar-refractivity contribution is -0.105. The molecule has 2 N–H and O–H groups in total. The molecule has 0 aliphatic rings. The van der Waals surface area contributed by atoms with Crippen molar-refractivity contribution in [3.8, 4) is 22.6 Å². The largest absolute Gasteiger partial charge is 0.338 e. The molecule has 2 aromatic carbocycles. The van der Waals surface area contributed by atoms with Gasteiger partial charge in [-0.3, -0.25) is 4.79 Å². The van der Waals surface area contributed by atoms with Crippen LogP contribution in [0.25, 0.3) is 22.6 Å². The summed E-state index contributed by atoms with van der Waals surface area (Å²) < 4.78 is 13.9. The Morgan fingerprint density at radius 2 is 1.79 bits per heavy atom. The number of pyridine rings is 1. The van der Waals surface area contributed by atoms with Crippen molar-refractivity contribution in [1.29, 1.82) is 0 Å². The van der Waals surface area contributed by atoms with Crippen molar-refractivity contribution in [1.82, 2.24) is 15.0 Å². The second-order valence-electron chi connectivity index (χ2n) is 6.09. The summed E-state index contributed by atoms with van der Waals surface area (Å²) in [5.74, 6) is 0.334. The van der Waals surface area contributed by atoms with Gasteiger partial charge >= 0.3 is 0 Å². The fourth-order valence-electron chi connectivity index (χ4n) is 2.55. The number of aromatic amines is 1. The highest BCUT2D eigenvalue weighted by molar-refractivity contribution is 6.33. The molecule has 1 amide bonds.